The Morgan fingerprint density at radius 1 is 1.47 bits per heavy atom. The normalized spacial score (nSPS) is 10.9. The Hall–Kier alpha value is -1.20. The first-order valence-electron chi connectivity index (χ1n) is 5.33. The molecule has 0 amide bonds. The first-order valence-corrected chi connectivity index (χ1v) is 6.12. The maximum Gasteiger partial charge on any atom is 0.150 e. The number of nitrogens with one attached hydrogen (secondary N) is 1. The molecular formula is C12H13BrFN3. The number of hydrogen-bond acceptors (Lipinski definition) is 3. The van der Waals surface area contributed by atoms with Crippen molar-refractivity contribution in [3.05, 3.63) is 33.7 Å². The highest BCUT2D eigenvalue weighted by Gasteiger charge is 2.14. The van der Waals surface area contributed by atoms with Crippen molar-refractivity contribution in [3.8, 4) is 0 Å². The summed E-state index contributed by atoms with van der Waals surface area (Å²) in [6.45, 7) is 3.88. The fourth-order valence-corrected chi connectivity index (χ4v) is 2.48. The third kappa shape index (κ3) is 2.00. The molecule has 2 rings (SSSR count). The Morgan fingerprint density at radius 2 is 2.18 bits per heavy atom. The van der Waals surface area contributed by atoms with Gasteiger partial charge in [-0.15, -0.1) is 0 Å². The number of hydrazine groups is 1. The highest BCUT2D eigenvalue weighted by atomic mass is 79.9. The Kier molecular flexibility index (Phi) is 3.31. The van der Waals surface area contributed by atoms with Crippen molar-refractivity contribution < 1.29 is 4.39 Å². The van der Waals surface area contributed by atoms with E-state index in [-0.39, 0.29) is 5.82 Å². The number of nitrogens with two attached hydrogens (primary N) is 1. The molecule has 1 aromatic heterocycles. The van der Waals surface area contributed by atoms with E-state index in [1.54, 1.807) is 0 Å². The number of pyridine rings is 1. The fraction of sp³-hybridized carbons (Fsp3) is 0.250. The van der Waals surface area contributed by atoms with E-state index in [0.29, 0.717) is 15.4 Å². The molecule has 0 bridgehead atoms. The fourth-order valence-electron chi connectivity index (χ4n) is 2.05. The third-order valence-corrected chi connectivity index (χ3v) is 3.27. The van der Waals surface area contributed by atoms with E-state index in [2.05, 4.69) is 26.3 Å². The van der Waals surface area contributed by atoms with Crippen LogP contribution in [0.15, 0.2) is 16.6 Å². The molecule has 0 radical (unpaired) electrons. The van der Waals surface area contributed by atoms with Crippen LogP contribution in [0.2, 0.25) is 0 Å². The van der Waals surface area contributed by atoms with Crippen LogP contribution in [0.4, 0.5) is 10.1 Å². The molecule has 0 aliphatic carbocycles. The molecule has 1 aromatic carbocycles. The lowest BCUT2D eigenvalue weighted by Gasteiger charge is -2.14. The molecule has 0 saturated heterocycles. The van der Waals surface area contributed by atoms with Gasteiger partial charge in [0.15, 0.2) is 5.82 Å². The van der Waals surface area contributed by atoms with Gasteiger partial charge in [0.1, 0.15) is 5.52 Å². The van der Waals surface area contributed by atoms with E-state index in [1.807, 2.05) is 19.9 Å². The zero-order valence-corrected chi connectivity index (χ0v) is 11.2. The second-order valence-electron chi connectivity index (χ2n) is 3.83. The van der Waals surface area contributed by atoms with Crippen LogP contribution < -0.4 is 11.3 Å². The minimum absolute atomic E-state index is 0.343. The van der Waals surface area contributed by atoms with Crippen LogP contribution >= 0.6 is 15.9 Å². The van der Waals surface area contributed by atoms with Crippen molar-refractivity contribution >= 4 is 32.5 Å². The van der Waals surface area contributed by atoms with Gasteiger partial charge in [-0.2, -0.15) is 0 Å². The molecule has 17 heavy (non-hydrogen) atoms. The molecule has 90 valence electrons. The molecule has 3 nitrogen and oxygen atoms in total. The maximum atomic E-state index is 13.8. The van der Waals surface area contributed by atoms with Crippen LogP contribution in [-0.4, -0.2) is 4.98 Å². The quantitative estimate of drug-likeness (QED) is 0.660. The lowest BCUT2D eigenvalue weighted by molar-refractivity contribution is 0.635. The first kappa shape index (κ1) is 12.3. The molecule has 0 spiro atoms. The first-order chi connectivity index (χ1) is 8.08. The van der Waals surface area contributed by atoms with E-state index in [9.17, 15) is 4.39 Å². The van der Waals surface area contributed by atoms with Crippen LogP contribution in [-0.2, 0) is 6.42 Å². The van der Waals surface area contributed by atoms with Crippen LogP contribution in [0.25, 0.3) is 10.9 Å². The average molecular weight is 298 g/mol. The Bertz CT molecular complexity index is 584. The summed E-state index contributed by atoms with van der Waals surface area (Å²) in [6, 6.07) is 3.22. The van der Waals surface area contributed by atoms with Crippen LogP contribution in [0, 0.1) is 12.7 Å². The molecule has 0 fully saturated rings. The van der Waals surface area contributed by atoms with E-state index in [4.69, 9.17) is 5.84 Å². The summed E-state index contributed by atoms with van der Waals surface area (Å²) in [7, 11) is 0. The second-order valence-corrected chi connectivity index (χ2v) is 4.75. The van der Waals surface area contributed by atoms with E-state index >= 15 is 0 Å². The van der Waals surface area contributed by atoms with Gasteiger partial charge in [0.25, 0.3) is 0 Å². The van der Waals surface area contributed by atoms with Crippen molar-refractivity contribution in [3.63, 3.8) is 0 Å². The summed E-state index contributed by atoms with van der Waals surface area (Å²) in [5.41, 5.74) is 5.56. The molecule has 2 aromatic rings. The highest BCUT2D eigenvalue weighted by molar-refractivity contribution is 9.10. The number of nitrogens with zero attached hydrogens (tertiary/aromatic N) is 1. The lowest BCUT2D eigenvalue weighted by atomic mass is 10.0. The minimum atomic E-state index is -0.350. The van der Waals surface area contributed by atoms with Crippen LogP contribution in [0.3, 0.4) is 0 Å². The smallest absolute Gasteiger partial charge is 0.150 e. The van der Waals surface area contributed by atoms with Gasteiger partial charge in [0.2, 0.25) is 0 Å². The number of halogens is 2. The zero-order chi connectivity index (χ0) is 12.6. The van der Waals surface area contributed by atoms with Gasteiger partial charge >= 0.3 is 0 Å². The topological polar surface area (TPSA) is 50.9 Å². The van der Waals surface area contributed by atoms with Gasteiger partial charge in [-0.05, 0) is 31.0 Å². The summed E-state index contributed by atoms with van der Waals surface area (Å²) < 4.78 is 14.5. The van der Waals surface area contributed by atoms with Gasteiger partial charge in [-0.25, -0.2) is 9.37 Å². The molecule has 1 heterocycles. The monoisotopic (exact) mass is 297 g/mol. The molecule has 3 N–H and O–H groups in total. The summed E-state index contributed by atoms with van der Waals surface area (Å²) in [6.07, 6.45) is 0.794. The van der Waals surface area contributed by atoms with E-state index < -0.39 is 0 Å². The molecule has 0 atom stereocenters. The molecule has 0 aliphatic heterocycles. The Morgan fingerprint density at radius 3 is 2.76 bits per heavy atom. The van der Waals surface area contributed by atoms with Crippen molar-refractivity contribution in [2.45, 2.75) is 20.3 Å². The van der Waals surface area contributed by atoms with Crippen molar-refractivity contribution in [2.24, 2.45) is 5.84 Å². The maximum absolute atomic E-state index is 13.8. The summed E-state index contributed by atoms with van der Waals surface area (Å²) in [5, 5.41) is 0.696. The van der Waals surface area contributed by atoms with Gasteiger partial charge in [-0.3, -0.25) is 5.84 Å². The number of nitrogen functional groups attached to an aromatic ring is 1. The predicted molar refractivity (Wildman–Crippen MR) is 71.3 cm³/mol. The number of benzene rings is 1. The zero-order valence-electron chi connectivity index (χ0n) is 9.64. The van der Waals surface area contributed by atoms with Crippen molar-refractivity contribution in [2.75, 3.05) is 5.43 Å². The summed E-state index contributed by atoms with van der Waals surface area (Å²) in [4.78, 5) is 4.30. The largest absolute Gasteiger partial charge is 0.323 e. The number of fused-ring (bicyclic) bond motifs is 1. The SMILES string of the molecule is CCc1c(C)nc2c(F)cc(Br)cc2c1NN. The van der Waals surface area contributed by atoms with E-state index in [0.717, 1.165) is 23.4 Å². The lowest BCUT2D eigenvalue weighted by Crippen LogP contribution is -2.12. The van der Waals surface area contributed by atoms with Gasteiger partial charge < -0.3 is 5.43 Å². The van der Waals surface area contributed by atoms with Crippen LogP contribution in [0.1, 0.15) is 18.2 Å². The number of aromatic nitrogens is 1. The van der Waals surface area contributed by atoms with Crippen molar-refractivity contribution in [1.29, 1.82) is 0 Å². The van der Waals surface area contributed by atoms with Gasteiger partial charge in [0.05, 0.1) is 5.69 Å². The summed E-state index contributed by atoms with van der Waals surface area (Å²) >= 11 is 3.28. The Balaban J connectivity index is 2.93. The van der Waals surface area contributed by atoms with Gasteiger partial charge in [-0.1, -0.05) is 22.9 Å². The molecule has 0 saturated carbocycles. The van der Waals surface area contributed by atoms with Gasteiger partial charge in [0, 0.05) is 15.6 Å². The average Bonchev–Trinajstić information content (AvgIpc) is 2.28. The van der Waals surface area contributed by atoms with Crippen LogP contribution in [0.5, 0.6) is 0 Å². The predicted octanol–water partition coefficient (Wildman–Crippen LogP) is 3.29. The highest BCUT2D eigenvalue weighted by Crippen LogP contribution is 2.31. The minimum Gasteiger partial charge on any atom is -0.323 e. The van der Waals surface area contributed by atoms with E-state index in [1.165, 1.54) is 6.07 Å². The number of hydrogen-bond donors (Lipinski definition) is 2. The standard InChI is InChI=1S/C12H13BrFN3/c1-3-8-6(2)16-12-9(11(8)17-15)4-7(13)5-10(12)14/h4-5H,3,15H2,1-2H3,(H,16,17). The van der Waals surface area contributed by atoms with Crippen molar-refractivity contribution in [1.82, 2.24) is 4.98 Å². The number of aryl methyl sites for hydroxylation is 1. The Labute approximate surface area is 107 Å². The molecule has 0 unspecified atom stereocenters. The molecular weight excluding hydrogens is 285 g/mol. The third-order valence-electron chi connectivity index (χ3n) is 2.81. The summed E-state index contributed by atoms with van der Waals surface area (Å²) in [5.74, 6) is 5.20. The molecule has 5 heteroatoms. The number of anilines is 1. The second kappa shape index (κ2) is 4.58. The number of rotatable bonds is 2. The molecule has 0 aliphatic rings.